The van der Waals surface area contributed by atoms with Gasteiger partial charge in [0.2, 0.25) is 0 Å². The number of hydrogen-bond donors (Lipinski definition) is 2. The van der Waals surface area contributed by atoms with Crippen LogP contribution in [0.4, 0.5) is 5.69 Å². The number of hydrogen-bond acceptors (Lipinski definition) is 5. The Hall–Kier alpha value is -3.93. The van der Waals surface area contributed by atoms with Gasteiger partial charge in [0.15, 0.2) is 11.1 Å². The molecule has 1 aliphatic rings. The lowest BCUT2D eigenvalue weighted by Crippen LogP contribution is -2.27. The molecule has 1 aliphatic carbocycles. The van der Waals surface area contributed by atoms with Gasteiger partial charge < -0.3 is 15.1 Å². The van der Waals surface area contributed by atoms with Gasteiger partial charge in [-0.1, -0.05) is 36.4 Å². The summed E-state index contributed by atoms with van der Waals surface area (Å²) in [6, 6.07) is 17.0. The summed E-state index contributed by atoms with van der Waals surface area (Å²) in [5.74, 6) is 0.971. The summed E-state index contributed by atoms with van der Waals surface area (Å²) >= 11 is 0. The fourth-order valence-electron chi connectivity index (χ4n) is 4.41. The molecule has 0 saturated heterocycles. The van der Waals surface area contributed by atoms with Crippen LogP contribution in [0.5, 0.6) is 0 Å². The minimum atomic E-state index is -0.244. The standard InChI is InChI=1S/C29H29N3O3/c1-17-14-22(19(3)32-24-10-7-13-30-25(24)29(34)31-16-20-11-12-20)28-23(15-17)26(33)18(2)27(35-28)21-8-5-4-6-9-21/h4-10,13-15,19-20,32H,11-12,16H2,1-3H3,(H,31,34)/t19-/m1/s1. The highest BCUT2D eigenvalue weighted by Gasteiger charge is 2.24. The maximum Gasteiger partial charge on any atom is 0.272 e. The molecular formula is C29H29N3O3. The van der Waals surface area contributed by atoms with Crippen molar-refractivity contribution in [3.05, 3.63) is 93.4 Å². The van der Waals surface area contributed by atoms with Gasteiger partial charge in [0.25, 0.3) is 5.91 Å². The molecule has 2 heterocycles. The van der Waals surface area contributed by atoms with E-state index < -0.39 is 0 Å². The van der Waals surface area contributed by atoms with Crippen LogP contribution in [0.1, 0.15) is 53.0 Å². The first-order chi connectivity index (χ1) is 16.9. The summed E-state index contributed by atoms with van der Waals surface area (Å²) in [7, 11) is 0. The van der Waals surface area contributed by atoms with Gasteiger partial charge in [-0.2, -0.15) is 0 Å². The van der Waals surface area contributed by atoms with Crippen molar-refractivity contribution in [3.63, 3.8) is 0 Å². The second kappa shape index (κ2) is 9.37. The summed E-state index contributed by atoms with van der Waals surface area (Å²) < 4.78 is 6.42. The summed E-state index contributed by atoms with van der Waals surface area (Å²) in [5.41, 5.74) is 4.77. The number of pyridine rings is 1. The molecule has 1 amide bonds. The Morgan fingerprint density at radius 3 is 2.63 bits per heavy atom. The zero-order valence-corrected chi connectivity index (χ0v) is 20.2. The number of carbonyl (C=O) groups is 1. The van der Waals surface area contributed by atoms with E-state index in [0.717, 1.165) is 16.7 Å². The molecule has 1 atom stereocenters. The molecule has 1 fully saturated rings. The van der Waals surface area contributed by atoms with E-state index in [1.165, 1.54) is 12.8 Å². The summed E-state index contributed by atoms with van der Waals surface area (Å²) in [6.07, 6.45) is 3.96. The molecule has 6 nitrogen and oxygen atoms in total. The lowest BCUT2D eigenvalue weighted by molar-refractivity contribution is 0.0947. The maximum atomic E-state index is 13.3. The van der Waals surface area contributed by atoms with E-state index in [1.54, 1.807) is 19.2 Å². The molecular weight excluding hydrogens is 438 g/mol. The van der Waals surface area contributed by atoms with Gasteiger partial charge in [0, 0.05) is 29.4 Å². The minimum absolute atomic E-state index is 0.0382. The molecule has 6 heteroatoms. The maximum absolute atomic E-state index is 13.3. The summed E-state index contributed by atoms with van der Waals surface area (Å²) in [5, 5.41) is 6.98. The average molecular weight is 468 g/mol. The van der Waals surface area contributed by atoms with Gasteiger partial charge in [0.1, 0.15) is 11.3 Å². The first-order valence-corrected chi connectivity index (χ1v) is 12.1. The number of fused-ring (bicyclic) bond motifs is 1. The van der Waals surface area contributed by atoms with Crippen LogP contribution < -0.4 is 16.1 Å². The Kier molecular flexibility index (Phi) is 6.12. The number of benzene rings is 2. The Morgan fingerprint density at radius 1 is 1.11 bits per heavy atom. The zero-order chi connectivity index (χ0) is 24.5. The molecule has 0 bridgehead atoms. The summed E-state index contributed by atoms with van der Waals surface area (Å²) in [4.78, 5) is 30.5. The van der Waals surface area contributed by atoms with Crippen molar-refractivity contribution in [2.24, 2.45) is 5.92 Å². The van der Waals surface area contributed by atoms with Crippen LogP contribution in [0.25, 0.3) is 22.3 Å². The van der Waals surface area contributed by atoms with Crippen LogP contribution in [0.15, 0.2) is 70.0 Å². The molecule has 178 valence electrons. The molecule has 0 radical (unpaired) electrons. The third-order valence-corrected chi connectivity index (χ3v) is 6.54. The van der Waals surface area contributed by atoms with Gasteiger partial charge in [0.05, 0.1) is 17.1 Å². The van der Waals surface area contributed by atoms with E-state index in [1.807, 2.05) is 62.4 Å². The normalized spacial score (nSPS) is 14.0. The van der Waals surface area contributed by atoms with Crippen molar-refractivity contribution in [2.45, 2.75) is 39.7 Å². The van der Waals surface area contributed by atoms with Gasteiger partial charge in [-0.05, 0) is 63.3 Å². The molecule has 2 aromatic carbocycles. The van der Waals surface area contributed by atoms with Crippen LogP contribution in [-0.2, 0) is 0 Å². The lowest BCUT2D eigenvalue weighted by atomic mass is 9.98. The van der Waals surface area contributed by atoms with Crippen LogP contribution in [0, 0.1) is 19.8 Å². The van der Waals surface area contributed by atoms with Crippen molar-refractivity contribution < 1.29 is 9.21 Å². The second-order valence-electron chi connectivity index (χ2n) is 9.40. The minimum Gasteiger partial charge on any atom is -0.455 e. The number of carbonyl (C=O) groups excluding carboxylic acids is 1. The molecule has 4 aromatic rings. The lowest BCUT2D eigenvalue weighted by Gasteiger charge is -2.20. The van der Waals surface area contributed by atoms with Gasteiger partial charge in [-0.25, -0.2) is 4.98 Å². The monoisotopic (exact) mass is 467 g/mol. The molecule has 0 unspecified atom stereocenters. The molecule has 1 saturated carbocycles. The Balaban J connectivity index is 1.54. The Labute approximate surface area is 204 Å². The highest BCUT2D eigenvalue weighted by atomic mass is 16.3. The summed E-state index contributed by atoms with van der Waals surface area (Å²) in [6.45, 7) is 6.45. The quantitative estimate of drug-likeness (QED) is 0.360. The van der Waals surface area contributed by atoms with Gasteiger partial charge >= 0.3 is 0 Å². The van der Waals surface area contributed by atoms with Crippen molar-refractivity contribution >= 4 is 22.6 Å². The van der Waals surface area contributed by atoms with E-state index >= 15 is 0 Å². The number of amides is 1. The molecule has 2 N–H and O–H groups in total. The smallest absolute Gasteiger partial charge is 0.272 e. The van der Waals surface area contributed by atoms with Crippen molar-refractivity contribution in [1.29, 1.82) is 0 Å². The van der Waals surface area contributed by atoms with E-state index in [9.17, 15) is 9.59 Å². The van der Waals surface area contributed by atoms with E-state index in [-0.39, 0.29) is 17.4 Å². The Morgan fingerprint density at radius 2 is 1.89 bits per heavy atom. The third-order valence-electron chi connectivity index (χ3n) is 6.54. The predicted octanol–water partition coefficient (Wildman–Crippen LogP) is 5.78. The largest absolute Gasteiger partial charge is 0.455 e. The number of nitrogens with zero attached hydrogens (tertiary/aromatic N) is 1. The van der Waals surface area contributed by atoms with E-state index in [2.05, 4.69) is 15.6 Å². The first-order valence-electron chi connectivity index (χ1n) is 12.1. The zero-order valence-electron chi connectivity index (χ0n) is 20.2. The van der Waals surface area contributed by atoms with Crippen molar-refractivity contribution in [2.75, 3.05) is 11.9 Å². The number of anilines is 1. The highest BCUT2D eigenvalue weighted by molar-refractivity contribution is 5.97. The van der Waals surface area contributed by atoms with Crippen LogP contribution in [0.3, 0.4) is 0 Å². The van der Waals surface area contributed by atoms with E-state index in [0.29, 0.717) is 46.1 Å². The second-order valence-corrected chi connectivity index (χ2v) is 9.40. The molecule has 2 aromatic heterocycles. The fraction of sp³-hybridized carbons (Fsp3) is 0.276. The fourth-order valence-corrected chi connectivity index (χ4v) is 4.41. The first kappa shape index (κ1) is 22.8. The predicted molar refractivity (Wildman–Crippen MR) is 139 cm³/mol. The SMILES string of the molecule is Cc1cc([C@@H](C)Nc2cccnc2C(=O)NCC2CC2)c2oc(-c3ccccc3)c(C)c(=O)c2c1. The Bertz CT molecular complexity index is 1460. The van der Waals surface area contributed by atoms with Gasteiger partial charge in [-0.15, -0.1) is 0 Å². The topological polar surface area (TPSA) is 84.2 Å². The van der Waals surface area contributed by atoms with Crippen LogP contribution >= 0.6 is 0 Å². The number of nitrogens with one attached hydrogen (secondary N) is 2. The highest BCUT2D eigenvalue weighted by Crippen LogP contribution is 2.32. The van der Waals surface area contributed by atoms with Crippen LogP contribution in [0.2, 0.25) is 0 Å². The molecule has 5 rings (SSSR count). The van der Waals surface area contributed by atoms with Crippen LogP contribution in [-0.4, -0.2) is 17.4 Å². The number of aromatic nitrogens is 1. The van der Waals surface area contributed by atoms with Crippen molar-refractivity contribution in [1.82, 2.24) is 10.3 Å². The molecule has 35 heavy (non-hydrogen) atoms. The molecule has 0 aliphatic heterocycles. The average Bonchev–Trinajstić information content (AvgIpc) is 3.70. The van der Waals surface area contributed by atoms with E-state index in [4.69, 9.17) is 4.42 Å². The van der Waals surface area contributed by atoms with Crippen molar-refractivity contribution in [3.8, 4) is 11.3 Å². The molecule has 0 spiro atoms. The van der Waals surface area contributed by atoms with Gasteiger partial charge in [-0.3, -0.25) is 9.59 Å². The third kappa shape index (κ3) is 4.69. The number of rotatable bonds is 7. The number of aryl methyl sites for hydroxylation is 1.